The number of carbonyl (C=O) groups is 2. The molecule has 0 saturated carbocycles. The highest BCUT2D eigenvalue weighted by molar-refractivity contribution is 5.97. The lowest BCUT2D eigenvalue weighted by atomic mass is 10.1. The van der Waals surface area contributed by atoms with E-state index in [2.05, 4.69) is 5.32 Å². The van der Waals surface area contributed by atoms with Crippen molar-refractivity contribution in [1.82, 2.24) is 9.80 Å². The summed E-state index contributed by atoms with van der Waals surface area (Å²) in [5.41, 5.74) is 3.28. The molecule has 2 N–H and O–H groups in total. The molecule has 2 aromatic rings. The van der Waals surface area contributed by atoms with Gasteiger partial charge in [-0.2, -0.15) is 0 Å². The number of carbonyl (C=O) groups excluding carboxylic acids is 2. The molecule has 0 radical (unpaired) electrons. The number of aromatic hydroxyl groups is 1. The van der Waals surface area contributed by atoms with E-state index < -0.39 is 0 Å². The van der Waals surface area contributed by atoms with Crippen LogP contribution in [0.5, 0.6) is 5.75 Å². The summed E-state index contributed by atoms with van der Waals surface area (Å²) in [6.45, 7) is 5.77. The molecule has 0 spiro atoms. The second-order valence-corrected chi connectivity index (χ2v) is 6.47. The van der Waals surface area contributed by atoms with Crippen molar-refractivity contribution >= 4 is 17.6 Å². The summed E-state index contributed by atoms with van der Waals surface area (Å²) in [5.74, 6) is -0.231. The first-order valence-electron chi connectivity index (χ1n) is 8.67. The Morgan fingerprint density at radius 3 is 2.27 bits per heavy atom. The number of urea groups is 1. The van der Waals surface area contributed by atoms with Crippen LogP contribution in [-0.2, 0) is 0 Å². The highest BCUT2D eigenvalue weighted by Crippen LogP contribution is 2.20. The van der Waals surface area contributed by atoms with Crippen LogP contribution in [-0.4, -0.2) is 53.0 Å². The van der Waals surface area contributed by atoms with Crippen molar-refractivity contribution < 1.29 is 14.7 Å². The second-order valence-electron chi connectivity index (χ2n) is 6.47. The average molecular weight is 353 g/mol. The molecule has 6 nitrogen and oxygen atoms in total. The van der Waals surface area contributed by atoms with E-state index in [1.165, 1.54) is 6.07 Å². The minimum atomic E-state index is -0.210. The molecule has 0 atom stereocenters. The number of aryl methyl sites for hydroxylation is 1. The third-order valence-electron chi connectivity index (χ3n) is 4.83. The molecule has 6 heteroatoms. The van der Waals surface area contributed by atoms with Gasteiger partial charge in [-0.3, -0.25) is 4.79 Å². The number of benzene rings is 2. The van der Waals surface area contributed by atoms with E-state index in [1.54, 1.807) is 28.0 Å². The van der Waals surface area contributed by atoms with Crippen LogP contribution in [0, 0.1) is 13.8 Å². The lowest BCUT2D eigenvalue weighted by Gasteiger charge is -2.35. The SMILES string of the molecule is Cc1cccc(NC(=O)N2CCN(C(=O)c3ccccc3O)CC2)c1C. The van der Waals surface area contributed by atoms with Crippen LogP contribution >= 0.6 is 0 Å². The van der Waals surface area contributed by atoms with Crippen LogP contribution in [0.4, 0.5) is 10.5 Å². The maximum atomic E-state index is 12.5. The molecule has 1 aliphatic heterocycles. The number of hydrogen-bond donors (Lipinski definition) is 2. The molecule has 1 aliphatic rings. The lowest BCUT2D eigenvalue weighted by Crippen LogP contribution is -2.51. The molecule has 0 bridgehead atoms. The van der Waals surface area contributed by atoms with Crippen LogP contribution in [0.1, 0.15) is 21.5 Å². The summed E-state index contributed by atoms with van der Waals surface area (Å²) in [6, 6.07) is 12.2. The maximum absolute atomic E-state index is 12.5. The fourth-order valence-corrected chi connectivity index (χ4v) is 3.02. The number of para-hydroxylation sites is 1. The molecule has 1 heterocycles. The van der Waals surface area contributed by atoms with Crippen molar-refractivity contribution in [3.8, 4) is 5.75 Å². The Hall–Kier alpha value is -3.02. The number of anilines is 1. The largest absolute Gasteiger partial charge is 0.507 e. The van der Waals surface area contributed by atoms with Gasteiger partial charge in [0.1, 0.15) is 5.75 Å². The molecule has 3 rings (SSSR count). The molecular weight excluding hydrogens is 330 g/mol. The molecular formula is C20H23N3O3. The van der Waals surface area contributed by atoms with E-state index >= 15 is 0 Å². The van der Waals surface area contributed by atoms with Gasteiger partial charge in [-0.1, -0.05) is 24.3 Å². The summed E-state index contributed by atoms with van der Waals surface area (Å²) in [4.78, 5) is 28.4. The topological polar surface area (TPSA) is 72.9 Å². The predicted molar refractivity (Wildman–Crippen MR) is 101 cm³/mol. The Bertz CT molecular complexity index is 827. The molecule has 26 heavy (non-hydrogen) atoms. The molecule has 0 unspecified atom stereocenters. The van der Waals surface area contributed by atoms with Crippen LogP contribution in [0.15, 0.2) is 42.5 Å². The van der Waals surface area contributed by atoms with Gasteiger partial charge in [-0.05, 0) is 43.2 Å². The third kappa shape index (κ3) is 3.64. The Kier molecular flexibility index (Phi) is 5.11. The standard InChI is InChI=1S/C20H23N3O3/c1-14-6-5-8-17(15(14)2)21-20(26)23-12-10-22(11-13-23)19(25)16-7-3-4-9-18(16)24/h3-9,24H,10-13H2,1-2H3,(H,21,26). The summed E-state index contributed by atoms with van der Waals surface area (Å²) < 4.78 is 0. The first kappa shape index (κ1) is 17.8. The third-order valence-corrected chi connectivity index (χ3v) is 4.83. The van der Waals surface area contributed by atoms with E-state index in [9.17, 15) is 14.7 Å². The molecule has 1 saturated heterocycles. The molecule has 2 aromatic carbocycles. The van der Waals surface area contributed by atoms with E-state index in [-0.39, 0.29) is 17.7 Å². The highest BCUT2D eigenvalue weighted by Gasteiger charge is 2.26. The van der Waals surface area contributed by atoms with Crippen LogP contribution in [0.25, 0.3) is 0 Å². The number of piperazine rings is 1. The average Bonchev–Trinajstić information content (AvgIpc) is 2.65. The smallest absolute Gasteiger partial charge is 0.321 e. The Morgan fingerprint density at radius 2 is 1.58 bits per heavy atom. The van der Waals surface area contributed by atoms with E-state index in [0.717, 1.165) is 16.8 Å². The van der Waals surface area contributed by atoms with Crippen LogP contribution in [0.3, 0.4) is 0 Å². The van der Waals surface area contributed by atoms with E-state index in [0.29, 0.717) is 31.7 Å². The van der Waals surface area contributed by atoms with Crippen molar-refractivity contribution in [3.63, 3.8) is 0 Å². The van der Waals surface area contributed by atoms with Gasteiger partial charge in [0.25, 0.3) is 5.91 Å². The number of phenols is 1. The molecule has 0 aromatic heterocycles. The molecule has 136 valence electrons. The van der Waals surface area contributed by atoms with Gasteiger partial charge in [0, 0.05) is 31.9 Å². The zero-order valence-electron chi connectivity index (χ0n) is 15.0. The number of hydrogen-bond acceptors (Lipinski definition) is 3. The van der Waals surface area contributed by atoms with Crippen molar-refractivity contribution in [2.45, 2.75) is 13.8 Å². The summed E-state index contributed by atoms with van der Waals surface area (Å²) in [7, 11) is 0. The second kappa shape index (κ2) is 7.47. The fraction of sp³-hybridized carbons (Fsp3) is 0.300. The maximum Gasteiger partial charge on any atom is 0.321 e. The normalized spacial score (nSPS) is 14.2. The number of nitrogens with one attached hydrogen (secondary N) is 1. The quantitative estimate of drug-likeness (QED) is 0.872. The van der Waals surface area contributed by atoms with Gasteiger partial charge in [0.15, 0.2) is 0 Å². The van der Waals surface area contributed by atoms with Crippen molar-refractivity contribution in [2.75, 3.05) is 31.5 Å². The Morgan fingerprint density at radius 1 is 0.923 bits per heavy atom. The van der Waals surface area contributed by atoms with Gasteiger partial charge in [-0.15, -0.1) is 0 Å². The number of amides is 3. The first-order valence-corrected chi connectivity index (χ1v) is 8.67. The fourth-order valence-electron chi connectivity index (χ4n) is 3.02. The van der Waals surface area contributed by atoms with Crippen molar-refractivity contribution in [1.29, 1.82) is 0 Å². The molecule has 3 amide bonds. The summed E-state index contributed by atoms with van der Waals surface area (Å²) in [6.07, 6.45) is 0. The monoisotopic (exact) mass is 353 g/mol. The van der Waals surface area contributed by atoms with Gasteiger partial charge >= 0.3 is 6.03 Å². The van der Waals surface area contributed by atoms with Gasteiger partial charge in [0.05, 0.1) is 5.56 Å². The van der Waals surface area contributed by atoms with E-state index in [1.807, 2.05) is 32.0 Å². The van der Waals surface area contributed by atoms with Gasteiger partial charge in [0.2, 0.25) is 0 Å². The lowest BCUT2D eigenvalue weighted by molar-refractivity contribution is 0.0668. The van der Waals surface area contributed by atoms with Gasteiger partial charge < -0.3 is 20.2 Å². The van der Waals surface area contributed by atoms with Crippen LogP contribution < -0.4 is 5.32 Å². The van der Waals surface area contributed by atoms with E-state index in [4.69, 9.17) is 0 Å². The zero-order chi connectivity index (χ0) is 18.7. The first-order chi connectivity index (χ1) is 12.5. The predicted octanol–water partition coefficient (Wildman–Crippen LogP) is 3.00. The summed E-state index contributed by atoms with van der Waals surface area (Å²) >= 11 is 0. The number of phenolic OH excluding ortho intramolecular Hbond substituents is 1. The van der Waals surface area contributed by atoms with Gasteiger partial charge in [-0.25, -0.2) is 4.79 Å². The Labute approximate surface area is 153 Å². The van der Waals surface area contributed by atoms with Crippen molar-refractivity contribution in [2.24, 2.45) is 0 Å². The molecule has 1 fully saturated rings. The number of rotatable bonds is 2. The Balaban J connectivity index is 1.60. The number of nitrogens with zero attached hydrogens (tertiary/aromatic N) is 2. The zero-order valence-corrected chi connectivity index (χ0v) is 15.0. The highest BCUT2D eigenvalue weighted by atomic mass is 16.3. The minimum Gasteiger partial charge on any atom is -0.507 e. The summed E-state index contributed by atoms with van der Waals surface area (Å²) in [5, 5.41) is 12.8. The molecule has 0 aliphatic carbocycles. The minimum absolute atomic E-state index is 0.0207. The van der Waals surface area contributed by atoms with Crippen LogP contribution in [0.2, 0.25) is 0 Å². The van der Waals surface area contributed by atoms with Crippen molar-refractivity contribution in [3.05, 3.63) is 59.2 Å².